The first-order valence-electron chi connectivity index (χ1n) is 5.22. The summed E-state index contributed by atoms with van der Waals surface area (Å²) in [5.41, 5.74) is 4.26. The maximum Gasteiger partial charge on any atom is 0.282 e. The van der Waals surface area contributed by atoms with Crippen LogP contribution in [-0.2, 0) is 0 Å². The van der Waals surface area contributed by atoms with Gasteiger partial charge < -0.3 is 11.1 Å². The molecule has 0 saturated carbocycles. The van der Waals surface area contributed by atoms with Crippen molar-refractivity contribution in [2.45, 2.75) is 19.4 Å². The number of nitrogens with one attached hydrogen (secondary N) is 1. The topological polar surface area (TPSA) is 98.3 Å². The maximum atomic E-state index is 13.0. The number of halogens is 2. The van der Waals surface area contributed by atoms with Crippen molar-refractivity contribution in [3.8, 4) is 0 Å². The number of hydrogen-bond donors (Lipinski definition) is 2. The normalized spacial score (nSPS) is 10.5. The van der Waals surface area contributed by atoms with E-state index < -0.39 is 27.9 Å². The van der Waals surface area contributed by atoms with Crippen molar-refractivity contribution in [2.75, 3.05) is 6.54 Å². The highest BCUT2D eigenvalue weighted by molar-refractivity contribution is 5.98. The molecule has 0 saturated heterocycles. The molecule has 0 heterocycles. The molecule has 6 nitrogen and oxygen atoms in total. The summed E-state index contributed by atoms with van der Waals surface area (Å²) in [4.78, 5) is 21.7. The average Bonchev–Trinajstić information content (AvgIpc) is 2.24. The molecule has 106 valence electrons. The number of carbonyl (C=O) groups excluding carboxylic acids is 1. The number of nitrogens with two attached hydrogens (primary N) is 1. The summed E-state index contributed by atoms with van der Waals surface area (Å²) in [6.45, 7) is 3.50. The summed E-state index contributed by atoms with van der Waals surface area (Å²) >= 11 is 0. The second kappa shape index (κ2) is 6.44. The largest absolute Gasteiger partial charge is 0.350 e. The fraction of sp³-hybridized carbons (Fsp3) is 0.364. The zero-order chi connectivity index (χ0) is 13.9. The van der Waals surface area contributed by atoms with Crippen molar-refractivity contribution < 1.29 is 14.1 Å². The number of hydrogen-bond acceptors (Lipinski definition) is 4. The quantitative estimate of drug-likeness (QED) is 0.650. The predicted octanol–water partition coefficient (Wildman–Crippen LogP) is 1.62. The van der Waals surface area contributed by atoms with E-state index in [0.29, 0.717) is 0 Å². The van der Waals surface area contributed by atoms with Crippen molar-refractivity contribution in [1.29, 1.82) is 0 Å². The third-order valence-corrected chi connectivity index (χ3v) is 2.10. The van der Waals surface area contributed by atoms with Crippen LogP contribution in [0, 0.1) is 15.9 Å². The first kappa shape index (κ1) is 17.3. The number of benzene rings is 1. The fourth-order valence-electron chi connectivity index (χ4n) is 1.25. The van der Waals surface area contributed by atoms with Gasteiger partial charge in [0.05, 0.1) is 4.92 Å². The van der Waals surface area contributed by atoms with Gasteiger partial charge in [0.2, 0.25) is 0 Å². The number of amides is 1. The van der Waals surface area contributed by atoms with Crippen LogP contribution in [0.2, 0.25) is 0 Å². The highest BCUT2D eigenvalue weighted by Crippen LogP contribution is 2.19. The Kier molecular flexibility index (Phi) is 5.85. The van der Waals surface area contributed by atoms with Crippen LogP contribution in [0.25, 0.3) is 0 Å². The number of rotatable bonds is 4. The molecule has 0 atom stereocenters. The standard InChI is InChI=1S/C11H14FN3O3.ClH/c1-11(2,13)6-14-10(16)8-5-7(12)3-4-9(8)15(17)18;/h3-5H,6,13H2,1-2H3,(H,14,16);1H. The van der Waals surface area contributed by atoms with Crippen LogP contribution < -0.4 is 11.1 Å². The van der Waals surface area contributed by atoms with Gasteiger partial charge in [-0.25, -0.2) is 4.39 Å². The molecule has 0 spiro atoms. The minimum atomic E-state index is -0.734. The van der Waals surface area contributed by atoms with Gasteiger partial charge in [-0.15, -0.1) is 12.4 Å². The molecule has 1 rings (SSSR count). The van der Waals surface area contributed by atoms with Crippen molar-refractivity contribution >= 4 is 24.0 Å². The molecule has 1 amide bonds. The Bertz CT molecular complexity index is 489. The number of nitro groups is 1. The molecule has 3 N–H and O–H groups in total. The van der Waals surface area contributed by atoms with Gasteiger partial charge in [-0.2, -0.15) is 0 Å². The lowest BCUT2D eigenvalue weighted by molar-refractivity contribution is -0.385. The molecule has 0 fully saturated rings. The van der Waals surface area contributed by atoms with E-state index in [1.165, 1.54) is 0 Å². The van der Waals surface area contributed by atoms with E-state index >= 15 is 0 Å². The van der Waals surface area contributed by atoms with Crippen LogP contribution in [0.5, 0.6) is 0 Å². The van der Waals surface area contributed by atoms with Crippen LogP contribution in [0.3, 0.4) is 0 Å². The summed E-state index contributed by atoms with van der Waals surface area (Å²) in [7, 11) is 0. The SMILES string of the molecule is CC(C)(N)CNC(=O)c1cc(F)ccc1[N+](=O)[O-].Cl. The van der Waals surface area contributed by atoms with Crippen LogP contribution in [0.15, 0.2) is 18.2 Å². The molecule has 0 radical (unpaired) electrons. The van der Waals surface area contributed by atoms with E-state index in [2.05, 4.69) is 5.32 Å². The smallest absolute Gasteiger partial charge is 0.282 e. The molecule has 0 bridgehead atoms. The molecular formula is C11H15ClFN3O3. The summed E-state index contributed by atoms with van der Waals surface area (Å²) in [6, 6.07) is 2.72. The molecule has 0 unspecified atom stereocenters. The van der Waals surface area contributed by atoms with Crippen molar-refractivity contribution in [1.82, 2.24) is 5.32 Å². The first-order chi connectivity index (χ1) is 8.20. The molecule has 0 aliphatic carbocycles. The van der Waals surface area contributed by atoms with Crippen molar-refractivity contribution in [3.63, 3.8) is 0 Å². The van der Waals surface area contributed by atoms with Gasteiger partial charge >= 0.3 is 0 Å². The number of nitro benzene ring substituents is 1. The second-order valence-corrected chi connectivity index (χ2v) is 4.59. The molecular weight excluding hydrogens is 277 g/mol. The molecule has 0 aliphatic heterocycles. The van der Waals surface area contributed by atoms with Crippen LogP contribution in [-0.4, -0.2) is 22.9 Å². The van der Waals surface area contributed by atoms with Gasteiger partial charge in [0.1, 0.15) is 11.4 Å². The molecule has 0 aromatic heterocycles. The molecule has 1 aromatic carbocycles. The monoisotopic (exact) mass is 291 g/mol. The molecule has 19 heavy (non-hydrogen) atoms. The zero-order valence-electron chi connectivity index (χ0n) is 10.5. The van der Waals surface area contributed by atoms with E-state index in [1.54, 1.807) is 13.8 Å². The Hall–Kier alpha value is -1.73. The molecule has 8 heteroatoms. The highest BCUT2D eigenvalue weighted by Gasteiger charge is 2.22. The Labute approximate surface area is 115 Å². The maximum absolute atomic E-state index is 13.0. The molecule has 0 aliphatic rings. The third-order valence-electron chi connectivity index (χ3n) is 2.10. The van der Waals surface area contributed by atoms with Crippen LogP contribution in [0.4, 0.5) is 10.1 Å². The Morgan fingerprint density at radius 1 is 1.53 bits per heavy atom. The Balaban J connectivity index is 0.00000324. The van der Waals surface area contributed by atoms with Crippen LogP contribution in [0.1, 0.15) is 24.2 Å². The van der Waals surface area contributed by atoms with Gasteiger partial charge in [0.15, 0.2) is 0 Å². The summed E-state index contributed by atoms with van der Waals surface area (Å²) in [6.07, 6.45) is 0. The third kappa shape index (κ3) is 5.19. The lowest BCUT2D eigenvalue weighted by Gasteiger charge is -2.18. The minimum Gasteiger partial charge on any atom is -0.350 e. The predicted molar refractivity (Wildman–Crippen MR) is 70.9 cm³/mol. The van der Waals surface area contributed by atoms with Gasteiger partial charge in [-0.3, -0.25) is 14.9 Å². The Morgan fingerprint density at radius 3 is 2.58 bits per heavy atom. The van der Waals surface area contributed by atoms with E-state index in [9.17, 15) is 19.3 Å². The summed E-state index contributed by atoms with van der Waals surface area (Å²) in [5.74, 6) is -1.43. The number of nitrogens with zero attached hydrogens (tertiary/aromatic N) is 1. The minimum absolute atomic E-state index is 0. The Morgan fingerprint density at radius 2 is 2.11 bits per heavy atom. The summed E-state index contributed by atoms with van der Waals surface area (Å²) < 4.78 is 13.0. The average molecular weight is 292 g/mol. The second-order valence-electron chi connectivity index (χ2n) is 4.59. The van der Waals surface area contributed by atoms with E-state index in [4.69, 9.17) is 5.73 Å². The van der Waals surface area contributed by atoms with Gasteiger partial charge in [0, 0.05) is 18.2 Å². The van der Waals surface area contributed by atoms with E-state index in [0.717, 1.165) is 18.2 Å². The van der Waals surface area contributed by atoms with Crippen molar-refractivity contribution in [2.24, 2.45) is 5.73 Å². The lowest BCUT2D eigenvalue weighted by Crippen LogP contribution is -2.45. The zero-order valence-corrected chi connectivity index (χ0v) is 11.3. The van der Waals surface area contributed by atoms with Crippen LogP contribution >= 0.6 is 12.4 Å². The summed E-state index contributed by atoms with van der Waals surface area (Å²) in [5, 5.41) is 13.1. The van der Waals surface area contributed by atoms with Crippen molar-refractivity contribution in [3.05, 3.63) is 39.7 Å². The highest BCUT2D eigenvalue weighted by atomic mass is 35.5. The molecule has 1 aromatic rings. The van der Waals surface area contributed by atoms with Gasteiger partial charge in [-0.1, -0.05) is 0 Å². The number of carbonyl (C=O) groups is 1. The fourth-order valence-corrected chi connectivity index (χ4v) is 1.25. The lowest BCUT2D eigenvalue weighted by atomic mass is 10.1. The van der Waals surface area contributed by atoms with E-state index in [-0.39, 0.29) is 24.5 Å². The van der Waals surface area contributed by atoms with E-state index in [1.807, 2.05) is 0 Å². The first-order valence-corrected chi connectivity index (χ1v) is 5.22. The van der Waals surface area contributed by atoms with Gasteiger partial charge in [0.25, 0.3) is 11.6 Å². The van der Waals surface area contributed by atoms with Gasteiger partial charge in [-0.05, 0) is 26.0 Å².